The van der Waals surface area contributed by atoms with Gasteiger partial charge in [0.1, 0.15) is 5.82 Å². The maximum absolute atomic E-state index is 12.2. The molecule has 2 aromatic carbocycles. The number of nitrogens with zero attached hydrogens (tertiary/aromatic N) is 2. The lowest BCUT2D eigenvalue weighted by Crippen LogP contribution is -2.12. The van der Waals surface area contributed by atoms with Crippen LogP contribution in [0.15, 0.2) is 66.9 Å². The van der Waals surface area contributed by atoms with Crippen molar-refractivity contribution in [2.75, 3.05) is 29.6 Å². The van der Waals surface area contributed by atoms with Crippen molar-refractivity contribution in [1.82, 2.24) is 4.98 Å². The standard InChI is InChI=1S/C20H19ClN4O/c1-25(2)18-9-6-16(7-10-18)23-17-8-11-19(22-13-17)24-20(26)14-4-3-5-15(21)12-14/h3-13,23H,1-2H3,(H,22,24,26). The number of pyridine rings is 1. The Hall–Kier alpha value is -3.05. The number of hydrogen-bond acceptors (Lipinski definition) is 4. The van der Waals surface area contributed by atoms with Gasteiger partial charge in [0.25, 0.3) is 5.91 Å². The largest absolute Gasteiger partial charge is 0.378 e. The number of aromatic nitrogens is 1. The molecule has 6 heteroatoms. The molecule has 0 aliphatic rings. The molecule has 1 aromatic heterocycles. The Labute approximate surface area is 157 Å². The number of hydrogen-bond donors (Lipinski definition) is 2. The maximum Gasteiger partial charge on any atom is 0.256 e. The first-order chi connectivity index (χ1) is 12.5. The Morgan fingerprint density at radius 3 is 2.35 bits per heavy atom. The van der Waals surface area contributed by atoms with Crippen LogP contribution in [-0.2, 0) is 0 Å². The molecular weight excluding hydrogens is 348 g/mol. The van der Waals surface area contributed by atoms with Gasteiger partial charge in [-0.1, -0.05) is 17.7 Å². The zero-order valence-electron chi connectivity index (χ0n) is 14.5. The van der Waals surface area contributed by atoms with E-state index in [2.05, 4.69) is 15.6 Å². The molecule has 0 saturated carbocycles. The summed E-state index contributed by atoms with van der Waals surface area (Å²) in [4.78, 5) is 18.5. The fourth-order valence-electron chi connectivity index (χ4n) is 2.37. The minimum absolute atomic E-state index is 0.250. The normalized spacial score (nSPS) is 10.3. The van der Waals surface area contributed by atoms with E-state index in [0.29, 0.717) is 16.4 Å². The summed E-state index contributed by atoms with van der Waals surface area (Å²) >= 11 is 5.91. The molecule has 26 heavy (non-hydrogen) atoms. The third-order valence-corrected chi connectivity index (χ3v) is 4.00. The third kappa shape index (κ3) is 4.52. The van der Waals surface area contributed by atoms with Gasteiger partial charge in [-0.05, 0) is 54.6 Å². The summed E-state index contributed by atoms with van der Waals surface area (Å²) in [7, 11) is 4.01. The quantitative estimate of drug-likeness (QED) is 0.681. The van der Waals surface area contributed by atoms with Gasteiger partial charge in [0.05, 0.1) is 11.9 Å². The van der Waals surface area contributed by atoms with E-state index in [1.165, 1.54) is 0 Å². The first kappa shape index (κ1) is 17.8. The van der Waals surface area contributed by atoms with E-state index in [9.17, 15) is 4.79 Å². The molecule has 5 nitrogen and oxygen atoms in total. The molecule has 0 saturated heterocycles. The lowest BCUT2D eigenvalue weighted by atomic mass is 10.2. The van der Waals surface area contributed by atoms with Crippen molar-refractivity contribution in [1.29, 1.82) is 0 Å². The fourth-order valence-corrected chi connectivity index (χ4v) is 2.56. The lowest BCUT2D eigenvalue weighted by molar-refractivity contribution is 0.102. The summed E-state index contributed by atoms with van der Waals surface area (Å²) in [5.41, 5.74) is 3.42. The second-order valence-electron chi connectivity index (χ2n) is 5.96. The van der Waals surface area contributed by atoms with E-state index in [1.807, 2.05) is 49.3 Å². The summed E-state index contributed by atoms with van der Waals surface area (Å²) in [5.74, 6) is 0.225. The molecule has 0 unspecified atom stereocenters. The molecule has 132 valence electrons. The monoisotopic (exact) mass is 366 g/mol. The van der Waals surface area contributed by atoms with Crippen LogP contribution in [0.25, 0.3) is 0 Å². The summed E-state index contributed by atoms with van der Waals surface area (Å²) < 4.78 is 0. The average Bonchev–Trinajstić information content (AvgIpc) is 2.64. The summed E-state index contributed by atoms with van der Waals surface area (Å²) in [5, 5.41) is 6.55. The van der Waals surface area contributed by atoms with Gasteiger partial charge >= 0.3 is 0 Å². The van der Waals surface area contributed by atoms with E-state index < -0.39 is 0 Å². The number of benzene rings is 2. The Balaban J connectivity index is 1.64. The van der Waals surface area contributed by atoms with E-state index >= 15 is 0 Å². The van der Waals surface area contributed by atoms with Crippen LogP contribution in [-0.4, -0.2) is 25.0 Å². The molecule has 0 aliphatic carbocycles. The van der Waals surface area contributed by atoms with Crippen LogP contribution in [0.5, 0.6) is 0 Å². The highest BCUT2D eigenvalue weighted by Crippen LogP contribution is 2.20. The summed E-state index contributed by atoms with van der Waals surface area (Å²) in [6.45, 7) is 0. The molecular formula is C20H19ClN4O. The Morgan fingerprint density at radius 2 is 1.73 bits per heavy atom. The number of amides is 1. The van der Waals surface area contributed by atoms with Crippen molar-refractivity contribution in [2.24, 2.45) is 0 Å². The van der Waals surface area contributed by atoms with E-state index in [4.69, 9.17) is 11.6 Å². The number of carbonyl (C=O) groups excluding carboxylic acids is 1. The smallest absolute Gasteiger partial charge is 0.256 e. The number of rotatable bonds is 5. The Morgan fingerprint density at radius 1 is 1.00 bits per heavy atom. The van der Waals surface area contributed by atoms with Crippen molar-refractivity contribution in [3.63, 3.8) is 0 Å². The van der Waals surface area contributed by atoms with Crippen molar-refractivity contribution in [3.05, 3.63) is 77.4 Å². The second kappa shape index (κ2) is 7.89. The van der Waals surface area contributed by atoms with Crippen molar-refractivity contribution in [3.8, 4) is 0 Å². The zero-order valence-corrected chi connectivity index (χ0v) is 15.3. The topological polar surface area (TPSA) is 57.3 Å². The van der Waals surface area contributed by atoms with E-state index in [-0.39, 0.29) is 5.91 Å². The minimum Gasteiger partial charge on any atom is -0.378 e. The highest BCUT2D eigenvalue weighted by Gasteiger charge is 2.07. The summed E-state index contributed by atoms with van der Waals surface area (Å²) in [6, 6.07) is 18.5. The van der Waals surface area contributed by atoms with Crippen molar-refractivity contribution < 1.29 is 4.79 Å². The molecule has 0 aliphatic heterocycles. The van der Waals surface area contributed by atoms with Crippen LogP contribution in [0.2, 0.25) is 5.02 Å². The highest BCUT2D eigenvalue weighted by molar-refractivity contribution is 6.31. The molecule has 0 fully saturated rings. The Kier molecular flexibility index (Phi) is 5.39. The highest BCUT2D eigenvalue weighted by atomic mass is 35.5. The first-order valence-electron chi connectivity index (χ1n) is 8.09. The molecule has 2 N–H and O–H groups in total. The van der Waals surface area contributed by atoms with Gasteiger partial charge in [-0.25, -0.2) is 4.98 Å². The Bertz CT molecular complexity index is 892. The lowest BCUT2D eigenvalue weighted by Gasteiger charge is -2.13. The molecule has 3 rings (SSSR count). The minimum atomic E-state index is -0.250. The van der Waals surface area contributed by atoms with Gasteiger partial charge in [0, 0.05) is 36.1 Å². The van der Waals surface area contributed by atoms with Crippen molar-refractivity contribution in [2.45, 2.75) is 0 Å². The fraction of sp³-hybridized carbons (Fsp3) is 0.100. The van der Waals surface area contributed by atoms with Gasteiger partial charge in [-0.2, -0.15) is 0 Å². The molecule has 1 amide bonds. The zero-order chi connectivity index (χ0) is 18.5. The molecule has 3 aromatic rings. The molecule has 0 radical (unpaired) electrons. The number of carbonyl (C=O) groups is 1. The summed E-state index contributed by atoms with van der Waals surface area (Å²) in [6.07, 6.45) is 1.67. The van der Waals surface area contributed by atoms with Crippen LogP contribution in [0, 0.1) is 0 Å². The predicted molar refractivity (Wildman–Crippen MR) is 108 cm³/mol. The van der Waals surface area contributed by atoms with Crippen molar-refractivity contribution >= 4 is 40.4 Å². The average molecular weight is 367 g/mol. The van der Waals surface area contributed by atoms with Crippen LogP contribution >= 0.6 is 11.6 Å². The maximum atomic E-state index is 12.2. The predicted octanol–water partition coefficient (Wildman–Crippen LogP) is 4.80. The van der Waals surface area contributed by atoms with Crippen LogP contribution in [0.1, 0.15) is 10.4 Å². The van der Waals surface area contributed by atoms with Gasteiger partial charge in [-0.15, -0.1) is 0 Å². The SMILES string of the molecule is CN(C)c1ccc(Nc2ccc(NC(=O)c3cccc(Cl)c3)nc2)cc1. The van der Waals surface area contributed by atoms with Gasteiger partial charge < -0.3 is 15.5 Å². The number of halogens is 1. The molecule has 0 bridgehead atoms. The molecule has 0 spiro atoms. The van der Waals surface area contributed by atoms with Crippen LogP contribution < -0.4 is 15.5 Å². The molecule has 1 heterocycles. The van der Waals surface area contributed by atoms with Crippen LogP contribution in [0.4, 0.5) is 22.9 Å². The molecule has 0 atom stereocenters. The van der Waals surface area contributed by atoms with Gasteiger partial charge in [0.2, 0.25) is 0 Å². The first-order valence-corrected chi connectivity index (χ1v) is 8.46. The van der Waals surface area contributed by atoms with E-state index in [1.54, 1.807) is 36.5 Å². The van der Waals surface area contributed by atoms with Gasteiger partial charge in [0.15, 0.2) is 0 Å². The van der Waals surface area contributed by atoms with Crippen LogP contribution in [0.3, 0.4) is 0 Å². The third-order valence-electron chi connectivity index (χ3n) is 3.76. The van der Waals surface area contributed by atoms with Gasteiger partial charge in [-0.3, -0.25) is 4.79 Å². The number of nitrogens with one attached hydrogen (secondary N) is 2. The van der Waals surface area contributed by atoms with E-state index in [0.717, 1.165) is 17.1 Å². The number of anilines is 4. The second-order valence-corrected chi connectivity index (χ2v) is 6.40.